The molecular weight excluding hydrogens is 386 g/mol. The molecule has 3 aromatic heterocycles. The van der Waals surface area contributed by atoms with Gasteiger partial charge in [0.15, 0.2) is 9.99 Å². The molecule has 0 aliphatic heterocycles. The lowest BCUT2D eigenvalue weighted by atomic mass is 10.0. The second-order valence-electron chi connectivity index (χ2n) is 5.45. The number of aromatic nitrogens is 4. The largest absolute Gasteiger partial charge is 0.356 e. The highest BCUT2D eigenvalue weighted by atomic mass is 35.5. The van der Waals surface area contributed by atoms with Gasteiger partial charge >= 0.3 is 0 Å². The summed E-state index contributed by atoms with van der Waals surface area (Å²) in [6, 6.07) is 13.4. The van der Waals surface area contributed by atoms with E-state index < -0.39 is 0 Å². The van der Waals surface area contributed by atoms with Gasteiger partial charge in [-0.3, -0.25) is 4.98 Å². The van der Waals surface area contributed by atoms with Gasteiger partial charge < -0.3 is 5.32 Å². The molecule has 0 aliphatic carbocycles. The molecule has 0 aliphatic rings. The number of thioether (sulfide) groups is 1. The summed E-state index contributed by atoms with van der Waals surface area (Å²) in [5.41, 5.74) is 2.59. The van der Waals surface area contributed by atoms with Crippen molar-refractivity contribution in [2.45, 2.75) is 10.4 Å². The van der Waals surface area contributed by atoms with E-state index in [0.29, 0.717) is 10.7 Å². The van der Waals surface area contributed by atoms with Crippen LogP contribution in [0.1, 0.15) is 17.3 Å². The minimum atomic E-state index is -0.187. The van der Waals surface area contributed by atoms with Crippen molar-refractivity contribution in [2.24, 2.45) is 0 Å². The Morgan fingerprint density at radius 3 is 2.81 bits per heavy atom. The summed E-state index contributed by atoms with van der Waals surface area (Å²) in [5.74, 6) is 0.739. The Kier molecular flexibility index (Phi) is 5.01. The number of benzene rings is 1. The van der Waals surface area contributed by atoms with Crippen LogP contribution < -0.4 is 5.32 Å². The van der Waals surface area contributed by atoms with Gasteiger partial charge in [0.1, 0.15) is 16.8 Å². The molecular formula is C18H14ClN5S2. The topological polar surface area (TPSA) is 63.6 Å². The van der Waals surface area contributed by atoms with Crippen molar-refractivity contribution in [3.05, 3.63) is 71.3 Å². The number of pyridine rings is 1. The van der Waals surface area contributed by atoms with Crippen molar-refractivity contribution in [3.63, 3.8) is 0 Å². The van der Waals surface area contributed by atoms with Gasteiger partial charge in [-0.2, -0.15) is 0 Å². The third-order valence-corrected chi connectivity index (χ3v) is 6.06. The number of anilines is 1. The van der Waals surface area contributed by atoms with Crippen LogP contribution in [0.3, 0.4) is 0 Å². The maximum absolute atomic E-state index is 6.21. The molecule has 1 N–H and O–H groups in total. The fourth-order valence-electron chi connectivity index (χ4n) is 2.62. The average molecular weight is 400 g/mol. The maximum atomic E-state index is 6.21. The number of hydrogen-bond donors (Lipinski definition) is 1. The van der Waals surface area contributed by atoms with Crippen molar-refractivity contribution >= 4 is 50.9 Å². The van der Waals surface area contributed by atoms with Crippen LogP contribution in [-0.4, -0.2) is 26.2 Å². The zero-order valence-electron chi connectivity index (χ0n) is 13.8. The van der Waals surface area contributed by atoms with Crippen LogP contribution in [0.4, 0.5) is 5.82 Å². The van der Waals surface area contributed by atoms with Crippen LogP contribution >= 0.6 is 34.7 Å². The van der Waals surface area contributed by atoms with E-state index in [2.05, 4.69) is 25.3 Å². The van der Waals surface area contributed by atoms with Gasteiger partial charge in [-0.15, -0.1) is 11.3 Å². The predicted octanol–water partition coefficient (Wildman–Crippen LogP) is 5.06. The minimum Gasteiger partial charge on any atom is -0.356 e. The summed E-state index contributed by atoms with van der Waals surface area (Å²) >= 11 is 9.39. The monoisotopic (exact) mass is 399 g/mol. The number of fused-ring (bicyclic) bond motifs is 1. The number of rotatable bonds is 5. The quantitative estimate of drug-likeness (QED) is 0.473. The first-order valence-electron chi connectivity index (χ1n) is 7.83. The molecule has 8 heteroatoms. The Hall–Kier alpha value is -2.22. The fourth-order valence-corrected chi connectivity index (χ4v) is 4.29. The first-order valence-corrected chi connectivity index (χ1v) is 10.2. The second kappa shape index (κ2) is 7.57. The van der Waals surface area contributed by atoms with E-state index in [1.54, 1.807) is 29.3 Å². The van der Waals surface area contributed by atoms with Gasteiger partial charge in [-0.05, 0) is 36.1 Å². The smallest absolute Gasteiger partial charge is 0.176 e. The lowest BCUT2D eigenvalue weighted by Crippen LogP contribution is -2.14. The van der Waals surface area contributed by atoms with Crippen LogP contribution in [0.2, 0.25) is 5.02 Å². The molecule has 1 aromatic carbocycles. The number of halogens is 1. The van der Waals surface area contributed by atoms with E-state index in [1.165, 1.54) is 6.33 Å². The van der Waals surface area contributed by atoms with Crippen molar-refractivity contribution in [2.75, 3.05) is 11.6 Å². The van der Waals surface area contributed by atoms with E-state index in [0.717, 1.165) is 26.1 Å². The first kappa shape index (κ1) is 17.2. The van der Waals surface area contributed by atoms with Crippen LogP contribution in [0.5, 0.6) is 0 Å². The average Bonchev–Trinajstić information content (AvgIpc) is 3.11. The molecule has 26 heavy (non-hydrogen) atoms. The molecule has 3 heterocycles. The molecule has 0 spiro atoms. The highest BCUT2D eigenvalue weighted by Gasteiger charge is 2.19. The normalized spacial score (nSPS) is 12.2. The van der Waals surface area contributed by atoms with E-state index in [9.17, 15) is 0 Å². The van der Waals surface area contributed by atoms with Crippen LogP contribution in [0.15, 0.2) is 59.3 Å². The van der Waals surface area contributed by atoms with Gasteiger partial charge in [-0.25, -0.2) is 15.0 Å². The standard InChI is InChI=1S/C18H14ClN5S2/c1-25-18-24-17-15(26-18)16(21-10-22-17)23-14(13-7-2-3-8-20-13)11-5-4-6-12(19)9-11/h2-10,14H,1H3,(H,21,22,23). The molecule has 1 atom stereocenters. The van der Waals surface area contributed by atoms with E-state index in [1.807, 2.05) is 48.7 Å². The molecule has 5 nitrogen and oxygen atoms in total. The molecule has 0 radical (unpaired) electrons. The fraction of sp³-hybridized carbons (Fsp3) is 0.111. The summed E-state index contributed by atoms with van der Waals surface area (Å²) in [6.45, 7) is 0. The Labute approximate surface area is 163 Å². The van der Waals surface area contributed by atoms with Crippen LogP contribution in [-0.2, 0) is 0 Å². The zero-order valence-corrected chi connectivity index (χ0v) is 16.1. The van der Waals surface area contributed by atoms with Crippen molar-refractivity contribution < 1.29 is 0 Å². The number of nitrogens with zero attached hydrogens (tertiary/aromatic N) is 4. The Bertz CT molecular complexity index is 1040. The Morgan fingerprint density at radius 1 is 1.12 bits per heavy atom. The first-order chi connectivity index (χ1) is 12.7. The van der Waals surface area contributed by atoms with Crippen LogP contribution in [0, 0.1) is 0 Å². The second-order valence-corrected chi connectivity index (χ2v) is 7.93. The molecule has 1 unspecified atom stereocenters. The molecule has 4 aromatic rings. The molecule has 0 fully saturated rings. The van der Waals surface area contributed by atoms with Crippen LogP contribution in [0.25, 0.3) is 10.3 Å². The summed E-state index contributed by atoms with van der Waals surface area (Å²) in [6.07, 6.45) is 5.31. The third-order valence-electron chi connectivity index (χ3n) is 3.79. The molecule has 130 valence electrons. The molecule has 0 saturated carbocycles. The molecule has 0 amide bonds. The highest BCUT2D eigenvalue weighted by molar-refractivity contribution is 8.00. The van der Waals surface area contributed by atoms with E-state index >= 15 is 0 Å². The summed E-state index contributed by atoms with van der Waals surface area (Å²) in [5, 5.41) is 4.19. The van der Waals surface area contributed by atoms with Gasteiger partial charge in [0, 0.05) is 11.2 Å². The maximum Gasteiger partial charge on any atom is 0.176 e. The lowest BCUT2D eigenvalue weighted by molar-refractivity contribution is 0.879. The number of nitrogens with one attached hydrogen (secondary N) is 1. The minimum absolute atomic E-state index is 0.187. The summed E-state index contributed by atoms with van der Waals surface area (Å²) in [4.78, 5) is 17.8. The Balaban J connectivity index is 1.80. The molecule has 4 rings (SSSR count). The molecule has 0 bridgehead atoms. The van der Waals surface area contributed by atoms with E-state index in [4.69, 9.17) is 11.6 Å². The van der Waals surface area contributed by atoms with Gasteiger partial charge in [0.25, 0.3) is 0 Å². The number of thiazole rings is 1. The third kappa shape index (κ3) is 3.51. The molecule has 0 saturated heterocycles. The number of hydrogen-bond acceptors (Lipinski definition) is 7. The van der Waals surface area contributed by atoms with Gasteiger partial charge in [0.05, 0.1) is 11.7 Å². The lowest BCUT2D eigenvalue weighted by Gasteiger charge is -2.19. The van der Waals surface area contributed by atoms with Crippen molar-refractivity contribution in [3.8, 4) is 0 Å². The summed E-state index contributed by atoms with van der Waals surface area (Å²) in [7, 11) is 0. The van der Waals surface area contributed by atoms with E-state index in [-0.39, 0.29) is 6.04 Å². The highest BCUT2D eigenvalue weighted by Crippen LogP contribution is 2.34. The van der Waals surface area contributed by atoms with Gasteiger partial charge in [-0.1, -0.05) is 41.6 Å². The van der Waals surface area contributed by atoms with Gasteiger partial charge in [0.2, 0.25) is 0 Å². The SMILES string of the molecule is CSc1nc2ncnc(NC(c3cccc(Cl)c3)c3ccccn3)c2s1. The summed E-state index contributed by atoms with van der Waals surface area (Å²) < 4.78 is 1.89. The van der Waals surface area contributed by atoms with Crippen molar-refractivity contribution in [1.29, 1.82) is 0 Å². The predicted molar refractivity (Wildman–Crippen MR) is 108 cm³/mol. The zero-order chi connectivity index (χ0) is 17.9. The van der Waals surface area contributed by atoms with Crippen molar-refractivity contribution in [1.82, 2.24) is 19.9 Å². The Morgan fingerprint density at radius 2 is 2.04 bits per heavy atom.